The number of hydrogen-bond donors (Lipinski definition) is 0. The lowest BCUT2D eigenvalue weighted by Crippen LogP contribution is -2.20. The highest BCUT2D eigenvalue weighted by Gasteiger charge is 2.04. The Morgan fingerprint density at radius 3 is 3.00 bits per heavy atom. The lowest BCUT2D eigenvalue weighted by molar-refractivity contribution is 0.178. The molecular weight excluding hydrogens is 212 g/mol. The predicted molar refractivity (Wildman–Crippen MR) is 62.1 cm³/mol. The fraction of sp³-hybridized carbons (Fsp3) is 0.545. The molecule has 0 N–H and O–H groups in total. The van der Waals surface area contributed by atoms with Gasteiger partial charge in [-0.15, -0.1) is 0 Å². The monoisotopic (exact) mass is 228 g/mol. The first-order valence-corrected chi connectivity index (χ1v) is 5.38. The summed E-state index contributed by atoms with van der Waals surface area (Å²) in [4.78, 5) is 6.25. The highest BCUT2D eigenvalue weighted by Crippen LogP contribution is 2.13. The molecule has 0 aliphatic rings. The van der Waals surface area contributed by atoms with E-state index in [1.165, 1.54) is 0 Å². The van der Waals surface area contributed by atoms with Gasteiger partial charge in [-0.1, -0.05) is 17.7 Å². The van der Waals surface area contributed by atoms with Gasteiger partial charge in [0.15, 0.2) is 0 Å². The van der Waals surface area contributed by atoms with E-state index in [0.717, 1.165) is 31.7 Å². The molecule has 0 saturated heterocycles. The first-order chi connectivity index (χ1) is 7.24. The summed E-state index contributed by atoms with van der Waals surface area (Å²) < 4.78 is 5.00. The van der Waals surface area contributed by atoms with Gasteiger partial charge in [0.25, 0.3) is 0 Å². The molecule has 0 bridgehead atoms. The highest BCUT2D eigenvalue weighted by molar-refractivity contribution is 6.30. The quantitative estimate of drug-likeness (QED) is 0.552. The molecule has 0 aliphatic heterocycles. The average molecular weight is 229 g/mol. The molecule has 15 heavy (non-hydrogen) atoms. The molecule has 0 unspecified atom stereocenters. The Kier molecular flexibility index (Phi) is 5.61. The Morgan fingerprint density at radius 2 is 2.33 bits per heavy atom. The standard InChI is InChI=1S/C11H17ClN2O/c1-14(7-4-8-15-2)9-10-5-3-6-13-11(10)12/h3,5-6H,4,7-9H2,1-2H3. The molecule has 0 radical (unpaired) electrons. The summed E-state index contributed by atoms with van der Waals surface area (Å²) in [6.45, 7) is 2.63. The predicted octanol–water partition coefficient (Wildman–Crippen LogP) is 2.20. The second-order valence-electron chi connectivity index (χ2n) is 3.54. The fourth-order valence-corrected chi connectivity index (χ4v) is 1.57. The van der Waals surface area contributed by atoms with E-state index < -0.39 is 0 Å². The van der Waals surface area contributed by atoms with Crippen molar-refractivity contribution < 1.29 is 4.74 Å². The minimum atomic E-state index is 0.594. The molecule has 1 heterocycles. The van der Waals surface area contributed by atoms with Crippen molar-refractivity contribution in [2.45, 2.75) is 13.0 Å². The smallest absolute Gasteiger partial charge is 0.133 e. The lowest BCUT2D eigenvalue weighted by Gasteiger charge is -2.16. The van der Waals surface area contributed by atoms with E-state index in [1.54, 1.807) is 13.3 Å². The van der Waals surface area contributed by atoms with Crippen molar-refractivity contribution in [1.29, 1.82) is 0 Å². The summed E-state index contributed by atoms with van der Waals surface area (Å²) in [6.07, 6.45) is 2.74. The maximum absolute atomic E-state index is 5.97. The van der Waals surface area contributed by atoms with Crippen LogP contribution in [0.2, 0.25) is 5.15 Å². The minimum absolute atomic E-state index is 0.594. The SMILES string of the molecule is COCCCN(C)Cc1cccnc1Cl. The number of methoxy groups -OCH3 is 1. The zero-order valence-corrected chi connectivity index (χ0v) is 10.00. The Bertz CT molecular complexity index is 294. The fourth-order valence-electron chi connectivity index (χ4n) is 1.39. The van der Waals surface area contributed by atoms with Crippen molar-refractivity contribution in [3.05, 3.63) is 29.0 Å². The van der Waals surface area contributed by atoms with Gasteiger partial charge in [0.05, 0.1) is 0 Å². The van der Waals surface area contributed by atoms with Crippen LogP contribution in [0.15, 0.2) is 18.3 Å². The van der Waals surface area contributed by atoms with E-state index in [9.17, 15) is 0 Å². The largest absolute Gasteiger partial charge is 0.385 e. The molecule has 0 atom stereocenters. The molecule has 3 nitrogen and oxygen atoms in total. The Morgan fingerprint density at radius 1 is 1.53 bits per heavy atom. The van der Waals surface area contributed by atoms with E-state index in [-0.39, 0.29) is 0 Å². The average Bonchev–Trinajstić information content (AvgIpc) is 2.22. The number of ether oxygens (including phenoxy) is 1. The van der Waals surface area contributed by atoms with Gasteiger partial charge in [0.2, 0.25) is 0 Å². The third-order valence-corrected chi connectivity index (χ3v) is 2.51. The number of rotatable bonds is 6. The molecule has 0 saturated carbocycles. The second kappa shape index (κ2) is 6.77. The van der Waals surface area contributed by atoms with Gasteiger partial charge in [-0.25, -0.2) is 4.98 Å². The number of aromatic nitrogens is 1. The van der Waals surface area contributed by atoms with Crippen molar-refractivity contribution in [2.75, 3.05) is 27.3 Å². The first-order valence-electron chi connectivity index (χ1n) is 5.01. The third kappa shape index (κ3) is 4.60. The topological polar surface area (TPSA) is 25.4 Å². The molecule has 84 valence electrons. The molecule has 0 amide bonds. The van der Waals surface area contributed by atoms with Gasteiger partial charge < -0.3 is 9.64 Å². The van der Waals surface area contributed by atoms with Crippen LogP contribution in [-0.4, -0.2) is 37.2 Å². The van der Waals surface area contributed by atoms with Gasteiger partial charge in [-0.3, -0.25) is 0 Å². The highest BCUT2D eigenvalue weighted by atomic mass is 35.5. The minimum Gasteiger partial charge on any atom is -0.385 e. The van der Waals surface area contributed by atoms with Crippen LogP contribution in [0.25, 0.3) is 0 Å². The van der Waals surface area contributed by atoms with Gasteiger partial charge in [-0.05, 0) is 19.5 Å². The first kappa shape index (κ1) is 12.4. The van der Waals surface area contributed by atoms with Crippen LogP contribution in [-0.2, 0) is 11.3 Å². The van der Waals surface area contributed by atoms with Gasteiger partial charge in [0.1, 0.15) is 5.15 Å². The van der Waals surface area contributed by atoms with Crippen LogP contribution in [0.4, 0.5) is 0 Å². The van der Waals surface area contributed by atoms with Crippen molar-refractivity contribution in [3.63, 3.8) is 0 Å². The van der Waals surface area contributed by atoms with Crippen LogP contribution < -0.4 is 0 Å². The number of nitrogens with zero attached hydrogens (tertiary/aromatic N) is 2. The number of hydrogen-bond acceptors (Lipinski definition) is 3. The maximum Gasteiger partial charge on any atom is 0.133 e. The van der Waals surface area contributed by atoms with Crippen molar-refractivity contribution >= 4 is 11.6 Å². The van der Waals surface area contributed by atoms with Crippen molar-refractivity contribution in [2.24, 2.45) is 0 Å². The summed E-state index contributed by atoms with van der Waals surface area (Å²) >= 11 is 5.97. The lowest BCUT2D eigenvalue weighted by atomic mass is 10.2. The van der Waals surface area contributed by atoms with Gasteiger partial charge in [0, 0.05) is 38.6 Å². The summed E-state index contributed by atoms with van der Waals surface area (Å²) in [5.41, 5.74) is 1.07. The van der Waals surface area contributed by atoms with Gasteiger partial charge >= 0.3 is 0 Å². The van der Waals surface area contributed by atoms with Gasteiger partial charge in [-0.2, -0.15) is 0 Å². The number of pyridine rings is 1. The molecule has 1 rings (SSSR count). The molecule has 0 spiro atoms. The molecule has 1 aromatic rings. The zero-order chi connectivity index (χ0) is 11.1. The Balaban J connectivity index is 2.37. The van der Waals surface area contributed by atoms with Crippen molar-refractivity contribution in [1.82, 2.24) is 9.88 Å². The normalized spacial score (nSPS) is 10.9. The Labute approximate surface area is 96.0 Å². The summed E-state index contributed by atoms with van der Waals surface area (Å²) in [6, 6.07) is 3.91. The van der Waals surface area contributed by atoms with E-state index in [1.807, 2.05) is 12.1 Å². The second-order valence-corrected chi connectivity index (χ2v) is 3.90. The summed E-state index contributed by atoms with van der Waals surface area (Å²) in [5.74, 6) is 0. The summed E-state index contributed by atoms with van der Waals surface area (Å²) in [7, 11) is 3.79. The zero-order valence-electron chi connectivity index (χ0n) is 9.24. The molecule has 0 fully saturated rings. The van der Waals surface area contributed by atoms with Crippen LogP contribution in [0, 0.1) is 0 Å². The van der Waals surface area contributed by atoms with E-state index in [4.69, 9.17) is 16.3 Å². The molecule has 4 heteroatoms. The van der Waals surface area contributed by atoms with E-state index >= 15 is 0 Å². The van der Waals surface area contributed by atoms with Crippen LogP contribution in [0.3, 0.4) is 0 Å². The molecular formula is C11H17ClN2O. The van der Waals surface area contributed by atoms with Crippen LogP contribution in [0.1, 0.15) is 12.0 Å². The molecule has 1 aromatic heterocycles. The van der Waals surface area contributed by atoms with E-state index in [2.05, 4.69) is 16.9 Å². The van der Waals surface area contributed by atoms with Crippen LogP contribution in [0.5, 0.6) is 0 Å². The Hall–Kier alpha value is -0.640. The third-order valence-electron chi connectivity index (χ3n) is 2.16. The molecule has 0 aliphatic carbocycles. The summed E-state index contributed by atoms with van der Waals surface area (Å²) in [5, 5.41) is 0.594. The van der Waals surface area contributed by atoms with E-state index in [0.29, 0.717) is 5.15 Å². The maximum atomic E-state index is 5.97. The van der Waals surface area contributed by atoms with Crippen LogP contribution >= 0.6 is 11.6 Å². The van der Waals surface area contributed by atoms with Crippen molar-refractivity contribution in [3.8, 4) is 0 Å². The molecule has 0 aromatic carbocycles. The number of halogens is 1.